The van der Waals surface area contributed by atoms with E-state index in [9.17, 15) is 4.79 Å². The minimum Gasteiger partial charge on any atom is -0.465 e. The molecule has 0 rings (SSSR count). The van der Waals surface area contributed by atoms with E-state index in [1.807, 2.05) is 6.92 Å². The molecule has 0 aliphatic carbocycles. The summed E-state index contributed by atoms with van der Waals surface area (Å²) in [6, 6.07) is 0. The van der Waals surface area contributed by atoms with Crippen LogP contribution in [0.5, 0.6) is 0 Å². The number of hydrogen-bond acceptors (Lipinski definition) is 4. The summed E-state index contributed by atoms with van der Waals surface area (Å²) in [5, 5.41) is 0. The molecule has 118 valence electrons. The Morgan fingerprint density at radius 3 is 2.15 bits per heavy atom. The van der Waals surface area contributed by atoms with Crippen LogP contribution in [0, 0.1) is 0 Å². The molecule has 4 nitrogen and oxygen atoms in total. The van der Waals surface area contributed by atoms with Gasteiger partial charge in [-0.25, -0.2) is 9.78 Å². The zero-order valence-corrected chi connectivity index (χ0v) is 14.5. The fourth-order valence-corrected chi connectivity index (χ4v) is 1.44. The Balaban J connectivity index is 3.21. The average molecular weight is 351 g/mol. The van der Waals surface area contributed by atoms with Gasteiger partial charge in [-0.3, -0.25) is 4.79 Å². The molecule has 0 spiro atoms. The first-order chi connectivity index (χ1) is 9.34. The van der Waals surface area contributed by atoms with Crippen molar-refractivity contribution in [2.45, 2.75) is 57.2 Å². The van der Waals surface area contributed by atoms with E-state index in [0.717, 1.165) is 37.7 Å². The summed E-state index contributed by atoms with van der Waals surface area (Å²) < 4.78 is 4.52. The van der Waals surface area contributed by atoms with Crippen LogP contribution < -0.4 is 0 Å². The molecule has 0 aliphatic rings. The zero-order chi connectivity index (χ0) is 15.4. The molecule has 5 heteroatoms. The maximum atomic E-state index is 11.4. The Bertz CT molecular complexity index is 284. The van der Waals surface area contributed by atoms with Gasteiger partial charge in [0, 0.05) is 0 Å². The Kier molecular flexibility index (Phi) is 11.1. The van der Waals surface area contributed by atoms with Crippen LogP contribution in [0.2, 0.25) is 0 Å². The maximum Gasteiger partial charge on any atom is 0.322 e. The van der Waals surface area contributed by atoms with Gasteiger partial charge in [0.05, 0.1) is 19.8 Å². The summed E-state index contributed by atoms with van der Waals surface area (Å²) in [7, 11) is 0. The van der Waals surface area contributed by atoms with Crippen LogP contribution in [-0.4, -0.2) is 30.1 Å². The fourth-order valence-electron chi connectivity index (χ4n) is 1.33. The number of alkyl halides is 1. The number of carbonyl (C=O) groups is 1. The molecule has 0 aromatic heterocycles. The van der Waals surface area contributed by atoms with Gasteiger partial charge in [-0.05, 0) is 52.9 Å². The van der Waals surface area contributed by atoms with E-state index >= 15 is 0 Å². The lowest BCUT2D eigenvalue weighted by molar-refractivity contribution is -0.295. The van der Waals surface area contributed by atoms with Crippen molar-refractivity contribution < 1.29 is 19.3 Å². The number of esters is 1. The van der Waals surface area contributed by atoms with E-state index in [-0.39, 0.29) is 5.97 Å². The Morgan fingerprint density at radius 2 is 1.60 bits per heavy atom. The van der Waals surface area contributed by atoms with Gasteiger partial charge in [-0.15, -0.1) is 6.58 Å². The van der Waals surface area contributed by atoms with Crippen molar-refractivity contribution in [2.24, 2.45) is 0 Å². The van der Waals surface area contributed by atoms with Gasteiger partial charge in [0.2, 0.25) is 0 Å². The largest absolute Gasteiger partial charge is 0.465 e. The summed E-state index contributed by atoms with van der Waals surface area (Å²) in [5.41, 5.74) is 1.16. The van der Waals surface area contributed by atoms with Crippen molar-refractivity contribution in [2.75, 3.05) is 19.8 Å². The maximum absolute atomic E-state index is 11.4. The van der Waals surface area contributed by atoms with Crippen molar-refractivity contribution in [3.63, 3.8) is 0 Å². The van der Waals surface area contributed by atoms with Crippen LogP contribution in [0.4, 0.5) is 0 Å². The summed E-state index contributed by atoms with van der Waals surface area (Å²) in [4.78, 5) is 21.5. The Morgan fingerprint density at radius 1 is 1.05 bits per heavy atom. The Labute approximate surface area is 130 Å². The molecular formula is C15H27BrO4. The van der Waals surface area contributed by atoms with Crippen molar-refractivity contribution in [3.8, 4) is 0 Å². The van der Waals surface area contributed by atoms with Gasteiger partial charge in [-0.1, -0.05) is 21.5 Å². The molecule has 0 saturated heterocycles. The molecule has 0 heterocycles. The lowest BCUT2D eigenvalue weighted by Crippen LogP contribution is -2.26. The van der Waals surface area contributed by atoms with Crippen molar-refractivity contribution in [3.05, 3.63) is 12.2 Å². The molecular weight excluding hydrogens is 324 g/mol. The van der Waals surface area contributed by atoms with Gasteiger partial charge in [0.15, 0.2) is 0 Å². The molecule has 0 bridgehead atoms. The molecule has 0 aromatic carbocycles. The molecule has 0 aliphatic heterocycles. The minimum absolute atomic E-state index is 0.227. The molecule has 0 unspecified atom stereocenters. The predicted molar refractivity (Wildman–Crippen MR) is 83.8 cm³/mol. The molecule has 0 aromatic rings. The highest BCUT2D eigenvalue weighted by molar-refractivity contribution is 9.10. The van der Waals surface area contributed by atoms with E-state index in [2.05, 4.69) is 22.5 Å². The summed E-state index contributed by atoms with van der Waals surface area (Å²) >= 11 is 3.26. The predicted octanol–water partition coefficient (Wildman–Crippen LogP) is 4.18. The first-order valence-corrected chi connectivity index (χ1v) is 7.88. The second-order valence-corrected chi connectivity index (χ2v) is 7.36. The third-order valence-corrected chi connectivity index (χ3v) is 2.83. The highest BCUT2D eigenvalue weighted by Gasteiger charge is 2.24. The number of ether oxygens (including phenoxy) is 1. The number of halogens is 1. The van der Waals surface area contributed by atoms with Gasteiger partial charge in [0.1, 0.15) is 4.32 Å². The zero-order valence-electron chi connectivity index (χ0n) is 12.9. The second kappa shape index (κ2) is 11.3. The normalized spacial score (nSPS) is 11.4. The van der Waals surface area contributed by atoms with Crippen LogP contribution in [0.3, 0.4) is 0 Å². The average Bonchev–Trinajstić information content (AvgIpc) is 2.34. The molecule has 0 N–H and O–H groups in total. The fraction of sp³-hybridized carbons (Fsp3) is 0.800. The molecule has 0 amide bonds. The summed E-state index contributed by atoms with van der Waals surface area (Å²) in [6.45, 7) is 11.0. The number of allylic oxidation sites excluding steroid dienone is 1. The van der Waals surface area contributed by atoms with Crippen molar-refractivity contribution in [1.82, 2.24) is 0 Å². The number of rotatable bonds is 12. The topological polar surface area (TPSA) is 44.8 Å². The van der Waals surface area contributed by atoms with Crippen LogP contribution in [0.15, 0.2) is 12.2 Å². The summed E-state index contributed by atoms with van der Waals surface area (Å²) in [5.74, 6) is -0.227. The monoisotopic (exact) mass is 350 g/mol. The molecule has 0 radical (unpaired) electrons. The first-order valence-electron chi connectivity index (χ1n) is 7.09. The SMILES string of the molecule is C=C(C)CCCOOCCCCCOC(=O)C(C)(C)Br. The van der Waals surface area contributed by atoms with Gasteiger partial charge < -0.3 is 4.74 Å². The number of carbonyl (C=O) groups excluding carboxylic acids is 1. The lowest BCUT2D eigenvalue weighted by atomic mass is 10.2. The lowest BCUT2D eigenvalue weighted by Gasteiger charge is -2.14. The quantitative estimate of drug-likeness (QED) is 0.132. The molecule has 0 atom stereocenters. The van der Waals surface area contributed by atoms with Crippen molar-refractivity contribution in [1.29, 1.82) is 0 Å². The van der Waals surface area contributed by atoms with E-state index in [4.69, 9.17) is 14.5 Å². The van der Waals surface area contributed by atoms with Gasteiger partial charge in [-0.2, -0.15) is 0 Å². The minimum atomic E-state index is -0.603. The van der Waals surface area contributed by atoms with Gasteiger partial charge in [0.25, 0.3) is 0 Å². The molecule has 0 saturated carbocycles. The van der Waals surface area contributed by atoms with E-state index in [0.29, 0.717) is 19.8 Å². The molecule has 20 heavy (non-hydrogen) atoms. The number of unbranched alkanes of at least 4 members (excludes halogenated alkanes) is 2. The number of hydrogen-bond donors (Lipinski definition) is 0. The highest BCUT2D eigenvalue weighted by Crippen LogP contribution is 2.17. The van der Waals surface area contributed by atoms with Gasteiger partial charge >= 0.3 is 5.97 Å². The smallest absolute Gasteiger partial charge is 0.322 e. The Hall–Kier alpha value is -0.390. The standard InChI is InChI=1S/C15H27BrO4/c1-13(2)9-8-12-20-19-11-7-5-6-10-18-14(17)15(3,4)16/h1,5-12H2,2-4H3. The van der Waals surface area contributed by atoms with Crippen LogP contribution in [0.25, 0.3) is 0 Å². The van der Waals surface area contributed by atoms with Crippen LogP contribution in [-0.2, 0) is 19.3 Å². The van der Waals surface area contributed by atoms with E-state index < -0.39 is 4.32 Å². The third kappa shape index (κ3) is 12.6. The first kappa shape index (κ1) is 19.6. The van der Waals surface area contributed by atoms with E-state index in [1.54, 1.807) is 13.8 Å². The van der Waals surface area contributed by atoms with Crippen LogP contribution in [0.1, 0.15) is 52.9 Å². The molecule has 0 fully saturated rings. The summed E-state index contributed by atoms with van der Waals surface area (Å²) in [6.07, 6.45) is 4.60. The second-order valence-electron chi connectivity index (χ2n) is 5.37. The highest BCUT2D eigenvalue weighted by atomic mass is 79.9. The third-order valence-electron chi connectivity index (χ3n) is 2.51. The van der Waals surface area contributed by atoms with Crippen molar-refractivity contribution >= 4 is 21.9 Å². The van der Waals surface area contributed by atoms with Crippen LogP contribution >= 0.6 is 15.9 Å². The van der Waals surface area contributed by atoms with E-state index in [1.165, 1.54) is 0 Å².